The second-order valence-corrected chi connectivity index (χ2v) is 4.53. The van der Waals surface area contributed by atoms with Crippen molar-refractivity contribution in [1.82, 2.24) is 15.6 Å². The number of aromatic nitrogens is 1. The number of carbonyl (C=O) groups excluding carboxylic acids is 1. The van der Waals surface area contributed by atoms with Crippen molar-refractivity contribution in [2.75, 3.05) is 13.1 Å². The Hall–Kier alpha value is -0.840. The molecular weight excluding hydrogens is 285 g/mol. The van der Waals surface area contributed by atoms with Gasteiger partial charge in [0.15, 0.2) is 0 Å². The maximum absolute atomic E-state index is 11.9. The number of hydrogen-bond donors (Lipinski definition) is 2. The number of hydrogen-bond acceptors (Lipinski definition) is 3. The van der Waals surface area contributed by atoms with E-state index in [2.05, 4.69) is 15.6 Å². The van der Waals surface area contributed by atoms with Gasteiger partial charge in [0, 0.05) is 12.7 Å². The molecule has 1 unspecified atom stereocenters. The average Bonchev–Trinajstić information content (AvgIpc) is 2.38. The Kier molecular flexibility index (Phi) is 8.72. The van der Waals surface area contributed by atoms with Crippen LogP contribution in [-0.2, 0) is 11.3 Å². The van der Waals surface area contributed by atoms with Crippen LogP contribution in [0, 0.1) is 12.8 Å². The maximum atomic E-state index is 11.9. The quantitative estimate of drug-likeness (QED) is 0.896. The first kappa shape index (κ1) is 18.2. The molecule has 1 aliphatic rings. The van der Waals surface area contributed by atoms with E-state index < -0.39 is 0 Å². The minimum absolute atomic E-state index is 0. The maximum Gasteiger partial charge on any atom is 0.224 e. The average molecular weight is 306 g/mol. The van der Waals surface area contributed by atoms with E-state index >= 15 is 0 Å². The lowest BCUT2D eigenvalue weighted by molar-refractivity contribution is -0.125. The number of nitrogens with one attached hydrogen (secondary N) is 2. The zero-order chi connectivity index (χ0) is 12.1. The Balaban J connectivity index is 0.00000162. The summed E-state index contributed by atoms with van der Waals surface area (Å²) in [7, 11) is 0. The number of halogens is 2. The lowest BCUT2D eigenvalue weighted by Gasteiger charge is -2.21. The summed E-state index contributed by atoms with van der Waals surface area (Å²) in [6, 6.07) is 3.92. The molecule has 0 aromatic carbocycles. The van der Waals surface area contributed by atoms with Gasteiger partial charge in [-0.15, -0.1) is 24.8 Å². The largest absolute Gasteiger partial charge is 0.350 e. The molecule has 1 saturated heterocycles. The highest BCUT2D eigenvalue weighted by molar-refractivity contribution is 5.85. The summed E-state index contributed by atoms with van der Waals surface area (Å²) in [6.07, 6.45) is 3.83. The minimum atomic E-state index is 0. The number of carbonyl (C=O) groups is 1. The monoisotopic (exact) mass is 305 g/mol. The fourth-order valence-electron chi connectivity index (χ4n) is 2.09. The SMILES string of the molecule is Cc1cccnc1CNC(=O)C1CCCNC1.Cl.Cl. The molecule has 0 aliphatic carbocycles. The van der Waals surface area contributed by atoms with Gasteiger partial charge in [-0.1, -0.05) is 6.07 Å². The van der Waals surface area contributed by atoms with Crippen molar-refractivity contribution < 1.29 is 4.79 Å². The molecule has 1 fully saturated rings. The summed E-state index contributed by atoms with van der Waals surface area (Å²) in [5.41, 5.74) is 2.07. The molecule has 4 nitrogen and oxygen atoms in total. The fraction of sp³-hybridized carbons (Fsp3) is 0.538. The Labute approximate surface area is 126 Å². The van der Waals surface area contributed by atoms with Crippen molar-refractivity contribution in [3.05, 3.63) is 29.6 Å². The van der Waals surface area contributed by atoms with Crippen molar-refractivity contribution in [2.24, 2.45) is 5.92 Å². The van der Waals surface area contributed by atoms with E-state index in [4.69, 9.17) is 0 Å². The molecule has 2 N–H and O–H groups in total. The van der Waals surface area contributed by atoms with E-state index in [0.717, 1.165) is 37.2 Å². The van der Waals surface area contributed by atoms with Crippen LogP contribution in [0.15, 0.2) is 18.3 Å². The highest BCUT2D eigenvalue weighted by Crippen LogP contribution is 2.10. The molecule has 6 heteroatoms. The normalized spacial score (nSPS) is 17.8. The van der Waals surface area contributed by atoms with Crippen LogP contribution in [0.2, 0.25) is 0 Å². The van der Waals surface area contributed by atoms with Gasteiger partial charge in [-0.25, -0.2) is 0 Å². The number of piperidine rings is 1. The molecule has 1 atom stereocenters. The molecule has 2 heterocycles. The van der Waals surface area contributed by atoms with Gasteiger partial charge in [-0.3, -0.25) is 9.78 Å². The number of rotatable bonds is 3. The van der Waals surface area contributed by atoms with Crippen molar-refractivity contribution in [3.63, 3.8) is 0 Å². The topological polar surface area (TPSA) is 54.0 Å². The molecule has 0 bridgehead atoms. The fourth-order valence-corrected chi connectivity index (χ4v) is 2.09. The summed E-state index contributed by atoms with van der Waals surface area (Å²) in [5, 5.41) is 6.22. The number of pyridine rings is 1. The first-order valence-corrected chi connectivity index (χ1v) is 6.16. The highest BCUT2D eigenvalue weighted by Gasteiger charge is 2.20. The van der Waals surface area contributed by atoms with Crippen LogP contribution in [-0.4, -0.2) is 24.0 Å². The van der Waals surface area contributed by atoms with Gasteiger partial charge in [-0.05, 0) is 37.9 Å². The van der Waals surface area contributed by atoms with E-state index in [9.17, 15) is 4.79 Å². The Bertz CT molecular complexity index is 395. The third-order valence-electron chi connectivity index (χ3n) is 3.22. The second kappa shape index (κ2) is 9.13. The first-order chi connectivity index (χ1) is 8.27. The van der Waals surface area contributed by atoms with Crippen LogP contribution < -0.4 is 10.6 Å². The van der Waals surface area contributed by atoms with Crippen LogP contribution in [0.5, 0.6) is 0 Å². The zero-order valence-electron chi connectivity index (χ0n) is 11.0. The Morgan fingerprint density at radius 2 is 2.32 bits per heavy atom. The molecule has 0 spiro atoms. The van der Waals surface area contributed by atoms with Crippen LogP contribution in [0.1, 0.15) is 24.1 Å². The summed E-state index contributed by atoms with van der Waals surface area (Å²) in [5.74, 6) is 0.259. The third-order valence-corrected chi connectivity index (χ3v) is 3.22. The zero-order valence-corrected chi connectivity index (χ0v) is 12.6. The van der Waals surface area contributed by atoms with Gasteiger partial charge in [0.2, 0.25) is 5.91 Å². The predicted octanol–water partition coefficient (Wildman–Crippen LogP) is 1.85. The van der Waals surface area contributed by atoms with Crippen molar-refractivity contribution in [1.29, 1.82) is 0 Å². The van der Waals surface area contributed by atoms with E-state index in [1.54, 1.807) is 6.20 Å². The smallest absolute Gasteiger partial charge is 0.224 e. The van der Waals surface area contributed by atoms with Crippen LogP contribution in [0.25, 0.3) is 0 Å². The summed E-state index contributed by atoms with van der Waals surface area (Å²) in [4.78, 5) is 16.2. The Morgan fingerprint density at radius 1 is 1.53 bits per heavy atom. The summed E-state index contributed by atoms with van der Waals surface area (Å²) >= 11 is 0. The summed E-state index contributed by atoms with van der Waals surface area (Å²) < 4.78 is 0. The van der Waals surface area contributed by atoms with Gasteiger partial charge >= 0.3 is 0 Å². The number of nitrogens with zero attached hydrogens (tertiary/aromatic N) is 1. The van der Waals surface area contributed by atoms with E-state index in [0.29, 0.717) is 6.54 Å². The van der Waals surface area contributed by atoms with E-state index in [1.807, 2.05) is 19.1 Å². The van der Waals surface area contributed by atoms with Crippen LogP contribution >= 0.6 is 24.8 Å². The molecule has 1 aromatic heterocycles. The van der Waals surface area contributed by atoms with E-state index in [-0.39, 0.29) is 36.6 Å². The van der Waals surface area contributed by atoms with Crippen LogP contribution in [0.3, 0.4) is 0 Å². The van der Waals surface area contributed by atoms with Crippen molar-refractivity contribution in [3.8, 4) is 0 Å². The number of amides is 1. The molecule has 0 saturated carbocycles. The van der Waals surface area contributed by atoms with Gasteiger partial charge < -0.3 is 10.6 Å². The molecule has 1 aliphatic heterocycles. The van der Waals surface area contributed by atoms with Gasteiger partial charge in [0.1, 0.15) is 0 Å². The van der Waals surface area contributed by atoms with Crippen molar-refractivity contribution >= 4 is 30.7 Å². The molecule has 19 heavy (non-hydrogen) atoms. The third kappa shape index (κ3) is 5.35. The second-order valence-electron chi connectivity index (χ2n) is 4.53. The first-order valence-electron chi connectivity index (χ1n) is 6.16. The molecule has 0 radical (unpaired) electrons. The highest BCUT2D eigenvalue weighted by atomic mass is 35.5. The summed E-state index contributed by atoms with van der Waals surface area (Å²) in [6.45, 7) is 4.37. The molecule has 1 aromatic rings. The molecule has 108 valence electrons. The Morgan fingerprint density at radius 3 is 2.95 bits per heavy atom. The van der Waals surface area contributed by atoms with Gasteiger partial charge in [-0.2, -0.15) is 0 Å². The standard InChI is InChI=1S/C13H19N3O.2ClH/c1-10-4-2-7-15-12(10)9-16-13(17)11-5-3-6-14-8-11;;/h2,4,7,11,14H,3,5-6,8-9H2,1H3,(H,16,17);2*1H. The van der Waals surface area contributed by atoms with Crippen molar-refractivity contribution in [2.45, 2.75) is 26.3 Å². The predicted molar refractivity (Wildman–Crippen MR) is 80.9 cm³/mol. The molecular formula is C13H21Cl2N3O. The van der Waals surface area contributed by atoms with Gasteiger partial charge in [0.05, 0.1) is 18.2 Å². The molecule has 2 rings (SSSR count). The van der Waals surface area contributed by atoms with Crippen LogP contribution in [0.4, 0.5) is 0 Å². The number of aryl methyl sites for hydroxylation is 1. The molecule has 1 amide bonds. The minimum Gasteiger partial charge on any atom is -0.350 e. The van der Waals surface area contributed by atoms with E-state index in [1.165, 1.54) is 0 Å². The van der Waals surface area contributed by atoms with Gasteiger partial charge in [0.25, 0.3) is 0 Å². The lowest BCUT2D eigenvalue weighted by atomic mass is 9.99. The lowest BCUT2D eigenvalue weighted by Crippen LogP contribution is -2.40.